The molecule has 1 fully saturated rings. The van der Waals surface area contributed by atoms with Gasteiger partial charge < -0.3 is 19.5 Å². The number of nitrogens with zero attached hydrogens (tertiary/aromatic N) is 5. The third-order valence-electron chi connectivity index (χ3n) is 6.45. The maximum Gasteiger partial charge on any atom is 0.410 e. The van der Waals surface area contributed by atoms with E-state index < -0.39 is 36.2 Å². The molecule has 1 aromatic carbocycles. The Hall–Kier alpha value is -4.09. The van der Waals surface area contributed by atoms with Gasteiger partial charge in [0.2, 0.25) is 0 Å². The van der Waals surface area contributed by atoms with Crippen molar-refractivity contribution in [2.75, 3.05) is 7.05 Å². The van der Waals surface area contributed by atoms with E-state index in [1.54, 1.807) is 14.1 Å². The van der Waals surface area contributed by atoms with Gasteiger partial charge in [0.05, 0.1) is 17.7 Å². The zero-order chi connectivity index (χ0) is 27.2. The highest BCUT2D eigenvalue weighted by molar-refractivity contribution is 5.70. The molecule has 202 valence electrons. The number of rotatable bonds is 9. The zero-order valence-corrected chi connectivity index (χ0v) is 21.1. The Kier molecular flexibility index (Phi) is 8.49. The molecule has 1 amide bonds. The number of carbonyl (C=O) groups excluding carboxylic acids is 1. The van der Waals surface area contributed by atoms with E-state index >= 15 is 0 Å². The van der Waals surface area contributed by atoms with Crippen LogP contribution in [-0.2, 0) is 29.7 Å². The third kappa shape index (κ3) is 6.42. The fourth-order valence-corrected chi connectivity index (χ4v) is 4.41. The van der Waals surface area contributed by atoms with Crippen LogP contribution < -0.4 is 4.74 Å². The first-order valence-corrected chi connectivity index (χ1v) is 12.2. The molecule has 0 radical (unpaired) electrons. The van der Waals surface area contributed by atoms with Gasteiger partial charge in [0.15, 0.2) is 0 Å². The number of ether oxygens (including phenoxy) is 2. The van der Waals surface area contributed by atoms with Gasteiger partial charge in [-0.3, -0.25) is 4.79 Å². The smallest absolute Gasteiger partial charge is 0.410 e. The second-order valence-corrected chi connectivity index (χ2v) is 9.23. The van der Waals surface area contributed by atoms with E-state index in [1.165, 1.54) is 21.7 Å². The number of carboxylic acid groups (broad SMARTS) is 1. The van der Waals surface area contributed by atoms with Crippen molar-refractivity contribution in [1.29, 1.82) is 0 Å². The van der Waals surface area contributed by atoms with Gasteiger partial charge in [-0.2, -0.15) is 0 Å². The lowest BCUT2D eigenvalue weighted by Crippen LogP contribution is -2.29. The molecule has 4 rings (SSSR count). The number of aliphatic carboxylic acids is 1. The van der Waals surface area contributed by atoms with E-state index in [0.717, 1.165) is 5.56 Å². The fourth-order valence-electron chi connectivity index (χ4n) is 4.41. The number of benzene rings is 1. The minimum Gasteiger partial charge on any atom is -0.488 e. The molecule has 2 aromatic heterocycles. The van der Waals surface area contributed by atoms with Crippen LogP contribution in [0.15, 0.2) is 42.5 Å². The number of aryl methyl sites for hydroxylation is 1. The van der Waals surface area contributed by atoms with Crippen molar-refractivity contribution in [3.05, 3.63) is 59.4 Å². The topological polar surface area (TPSA) is 120 Å². The molecule has 0 aliphatic heterocycles. The lowest BCUT2D eigenvalue weighted by Gasteiger charge is -2.27. The van der Waals surface area contributed by atoms with Gasteiger partial charge >= 0.3 is 12.1 Å². The Bertz CT molecular complexity index is 1270. The van der Waals surface area contributed by atoms with Crippen LogP contribution in [-0.4, -0.2) is 55.2 Å². The summed E-state index contributed by atoms with van der Waals surface area (Å²) in [5.41, 5.74) is 1.06. The van der Waals surface area contributed by atoms with Crippen molar-refractivity contribution >= 4 is 12.1 Å². The molecular weight excluding hydrogens is 500 g/mol. The number of halogens is 2. The second kappa shape index (κ2) is 12.0. The Balaban J connectivity index is 1.48. The fraction of sp³-hybridized carbons (Fsp3) is 0.423. The molecule has 0 unspecified atom stereocenters. The van der Waals surface area contributed by atoms with E-state index in [-0.39, 0.29) is 30.2 Å². The molecule has 0 spiro atoms. The SMILES string of the molecule is CN(Cc1ccccc1)C(=O)OCc1c(-c2ccc(O[C@H]3CCC[C@H](C(=O)O)C3)c(C(F)F)n2)nnn1C. The average Bonchev–Trinajstić information content (AvgIpc) is 3.28. The summed E-state index contributed by atoms with van der Waals surface area (Å²) in [6.45, 7) is 0.157. The van der Waals surface area contributed by atoms with Gasteiger partial charge in [-0.15, -0.1) is 5.10 Å². The molecular formula is C26H29F2N5O5. The number of carbonyl (C=O) groups is 2. The van der Waals surface area contributed by atoms with Crippen LogP contribution in [0.3, 0.4) is 0 Å². The predicted octanol–water partition coefficient (Wildman–Crippen LogP) is 4.61. The molecule has 10 nitrogen and oxygen atoms in total. The van der Waals surface area contributed by atoms with Crippen molar-refractivity contribution < 1.29 is 33.0 Å². The summed E-state index contributed by atoms with van der Waals surface area (Å²) in [6.07, 6.45) is -2.00. The number of hydrogen-bond acceptors (Lipinski definition) is 7. The normalized spacial score (nSPS) is 17.3. The monoisotopic (exact) mass is 529 g/mol. The van der Waals surface area contributed by atoms with Gasteiger partial charge in [-0.05, 0) is 43.4 Å². The molecule has 2 heterocycles. The summed E-state index contributed by atoms with van der Waals surface area (Å²) in [7, 11) is 3.21. The van der Waals surface area contributed by atoms with E-state index in [0.29, 0.717) is 31.5 Å². The van der Waals surface area contributed by atoms with Crippen molar-refractivity contribution in [3.63, 3.8) is 0 Å². The molecule has 38 heavy (non-hydrogen) atoms. The average molecular weight is 530 g/mol. The molecule has 1 aliphatic rings. The first-order valence-electron chi connectivity index (χ1n) is 12.2. The molecule has 0 bridgehead atoms. The molecule has 3 aromatic rings. The van der Waals surface area contributed by atoms with Gasteiger partial charge in [0.25, 0.3) is 6.43 Å². The number of carboxylic acids is 1. The summed E-state index contributed by atoms with van der Waals surface area (Å²) in [5.74, 6) is -1.57. The lowest BCUT2D eigenvalue weighted by molar-refractivity contribution is -0.143. The maximum atomic E-state index is 14.0. The molecule has 2 atom stereocenters. The Labute approximate surface area is 218 Å². The highest BCUT2D eigenvalue weighted by Crippen LogP contribution is 2.34. The van der Waals surface area contributed by atoms with Crippen LogP contribution in [0.2, 0.25) is 0 Å². The largest absolute Gasteiger partial charge is 0.488 e. The highest BCUT2D eigenvalue weighted by atomic mass is 19.3. The van der Waals surface area contributed by atoms with Crippen LogP contribution >= 0.6 is 0 Å². The standard InChI is InChI=1S/C26H29F2N5O5/c1-32(14-16-7-4-3-5-8-16)26(36)37-15-20-22(30-31-33(20)2)19-11-12-21(23(29-19)24(27)28)38-18-10-6-9-17(13-18)25(34)35/h3-5,7-8,11-12,17-18,24H,6,9-10,13-15H2,1-2H3,(H,34,35)/t17-,18-/m0/s1. The first kappa shape index (κ1) is 27.0. The van der Waals surface area contributed by atoms with Crippen molar-refractivity contribution in [1.82, 2.24) is 24.9 Å². The number of amides is 1. The minimum absolute atomic E-state index is 0.0980. The van der Waals surface area contributed by atoms with Crippen molar-refractivity contribution in [3.8, 4) is 17.1 Å². The minimum atomic E-state index is -2.94. The van der Waals surface area contributed by atoms with Gasteiger partial charge in [0, 0.05) is 20.6 Å². The third-order valence-corrected chi connectivity index (χ3v) is 6.45. The maximum absolute atomic E-state index is 14.0. The second-order valence-electron chi connectivity index (χ2n) is 9.23. The summed E-state index contributed by atoms with van der Waals surface area (Å²) in [6, 6.07) is 12.3. The Morgan fingerprint density at radius 2 is 1.95 bits per heavy atom. The van der Waals surface area contributed by atoms with E-state index in [2.05, 4.69) is 15.3 Å². The number of aromatic nitrogens is 4. The van der Waals surface area contributed by atoms with E-state index in [9.17, 15) is 23.5 Å². The van der Waals surface area contributed by atoms with E-state index in [4.69, 9.17) is 9.47 Å². The molecule has 12 heteroatoms. The van der Waals surface area contributed by atoms with Crippen LogP contribution in [0.5, 0.6) is 5.75 Å². The van der Waals surface area contributed by atoms with Crippen LogP contribution in [0.1, 0.15) is 49.1 Å². The number of hydrogen-bond donors (Lipinski definition) is 1. The first-order chi connectivity index (χ1) is 18.2. The van der Waals surface area contributed by atoms with Crippen LogP contribution in [0, 0.1) is 5.92 Å². The van der Waals surface area contributed by atoms with Crippen LogP contribution in [0.25, 0.3) is 11.4 Å². The van der Waals surface area contributed by atoms with E-state index in [1.807, 2.05) is 30.3 Å². The van der Waals surface area contributed by atoms with Crippen LogP contribution in [0.4, 0.5) is 13.6 Å². The highest BCUT2D eigenvalue weighted by Gasteiger charge is 2.30. The van der Waals surface area contributed by atoms with Gasteiger partial charge in [0.1, 0.15) is 29.4 Å². The van der Waals surface area contributed by atoms with Gasteiger partial charge in [-0.25, -0.2) is 23.2 Å². The Morgan fingerprint density at radius 3 is 2.66 bits per heavy atom. The summed E-state index contributed by atoms with van der Waals surface area (Å²) in [4.78, 5) is 29.4. The molecule has 0 saturated heterocycles. The Morgan fingerprint density at radius 1 is 1.18 bits per heavy atom. The number of pyridine rings is 1. The zero-order valence-electron chi connectivity index (χ0n) is 21.1. The molecule has 1 N–H and O–H groups in total. The number of alkyl halides is 2. The molecule has 1 saturated carbocycles. The van der Waals surface area contributed by atoms with Crippen molar-refractivity contribution in [2.45, 2.75) is 51.4 Å². The summed E-state index contributed by atoms with van der Waals surface area (Å²) >= 11 is 0. The van der Waals surface area contributed by atoms with Gasteiger partial charge in [-0.1, -0.05) is 35.5 Å². The predicted molar refractivity (Wildman–Crippen MR) is 131 cm³/mol. The summed E-state index contributed by atoms with van der Waals surface area (Å²) < 4.78 is 40.5. The molecule has 1 aliphatic carbocycles. The lowest BCUT2D eigenvalue weighted by atomic mass is 9.87. The quantitative estimate of drug-likeness (QED) is 0.427. The summed E-state index contributed by atoms with van der Waals surface area (Å²) in [5, 5.41) is 17.3. The van der Waals surface area contributed by atoms with Crippen molar-refractivity contribution in [2.24, 2.45) is 13.0 Å².